The molecule has 2 unspecified atom stereocenters. The maximum absolute atomic E-state index is 11.6. The van der Waals surface area contributed by atoms with Crippen LogP contribution in [0.4, 0.5) is 26.0 Å². The molecule has 2 aromatic heterocycles. The Hall–Kier alpha value is -4.05. The first-order valence-corrected chi connectivity index (χ1v) is 16.7. The van der Waals surface area contributed by atoms with Crippen molar-refractivity contribution in [3.63, 3.8) is 0 Å². The number of alkyl halides is 2. The van der Waals surface area contributed by atoms with Crippen LogP contribution in [0, 0.1) is 32.6 Å². The number of nitrogens with one attached hydrogen (secondary N) is 1. The minimum absolute atomic E-state index is 0.203. The van der Waals surface area contributed by atoms with Crippen molar-refractivity contribution >= 4 is 34.4 Å². The van der Waals surface area contributed by atoms with Gasteiger partial charge in [0.05, 0.1) is 18.5 Å². The smallest absolute Gasteiger partial charge is 0.345 e. The number of nitrogens with zero attached hydrogens (tertiary/aromatic N) is 5. The molecular formula is C37H52F2N6O2. The standard InChI is InChI=1S/C26H28N6O.C9H18F2O.C2H6/c1-6-16(2)13-28-22-12-21(9-7-17(22)3)33-24-10-8-20(11-18(24)4)32-26-25-23(29-15-30-26)14-27-19(5)31-25;1-3-5-6-8(4-2)7-12-9(10)11;1-2/h7-16H,6H2,1-5H3,(H,29,30,32);8-9H,3-7H2,1-2H3;1-2H3. The molecule has 0 aliphatic heterocycles. The van der Waals surface area contributed by atoms with E-state index in [4.69, 9.17) is 4.74 Å². The van der Waals surface area contributed by atoms with Crippen molar-refractivity contribution in [1.29, 1.82) is 0 Å². The number of fused-ring (bicyclic) bond motifs is 1. The molecule has 10 heteroatoms. The lowest BCUT2D eigenvalue weighted by Crippen LogP contribution is -2.11. The van der Waals surface area contributed by atoms with Crippen molar-refractivity contribution in [1.82, 2.24) is 19.9 Å². The summed E-state index contributed by atoms with van der Waals surface area (Å²) < 4.78 is 33.7. The van der Waals surface area contributed by atoms with Crippen LogP contribution in [0.1, 0.15) is 90.6 Å². The third kappa shape index (κ3) is 13.3. The number of hydrogen-bond acceptors (Lipinski definition) is 8. The predicted molar refractivity (Wildman–Crippen MR) is 190 cm³/mol. The Morgan fingerprint density at radius 3 is 2.36 bits per heavy atom. The van der Waals surface area contributed by atoms with Crippen LogP contribution in [-0.2, 0) is 4.74 Å². The van der Waals surface area contributed by atoms with Crippen molar-refractivity contribution in [2.75, 3.05) is 11.9 Å². The van der Waals surface area contributed by atoms with E-state index in [1.54, 1.807) is 6.20 Å². The summed E-state index contributed by atoms with van der Waals surface area (Å²) in [6.45, 7) is 15.9. The van der Waals surface area contributed by atoms with Crippen molar-refractivity contribution in [2.45, 2.75) is 101 Å². The number of aryl methyl sites for hydroxylation is 3. The maximum Gasteiger partial charge on any atom is 0.345 e. The van der Waals surface area contributed by atoms with Gasteiger partial charge in [-0.3, -0.25) is 4.99 Å². The molecule has 4 aromatic rings. The summed E-state index contributed by atoms with van der Waals surface area (Å²) in [5.74, 6) is 3.60. The first-order chi connectivity index (χ1) is 22.6. The van der Waals surface area contributed by atoms with Gasteiger partial charge in [0.15, 0.2) is 5.82 Å². The van der Waals surface area contributed by atoms with Gasteiger partial charge in [0.25, 0.3) is 0 Å². The van der Waals surface area contributed by atoms with Gasteiger partial charge < -0.3 is 14.8 Å². The lowest BCUT2D eigenvalue weighted by atomic mass is 10.0. The van der Waals surface area contributed by atoms with Crippen LogP contribution in [0.5, 0.6) is 11.5 Å². The number of ether oxygens (including phenoxy) is 2. The third-order valence-corrected chi connectivity index (χ3v) is 7.46. The second kappa shape index (κ2) is 20.9. The van der Waals surface area contributed by atoms with E-state index in [2.05, 4.69) is 62.7 Å². The average Bonchev–Trinajstić information content (AvgIpc) is 3.07. The molecule has 47 heavy (non-hydrogen) atoms. The largest absolute Gasteiger partial charge is 0.457 e. The van der Waals surface area contributed by atoms with E-state index in [0.29, 0.717) is 34.5 Å². The zero-order valence-electron chi connectivity index (χ0n) is 29.5. The fourth-order valence-corrected chi connectivity index (χ4v) is 4.35. The van der Waals surface area contributed by atoms with E-state index in [9.17, 15) is 8.78 Å². The monoisotopic (exact) mass is 650 g/mol. The highest BCUT2D eigenvalue weighted by atomic mass is 19.3. The van der Waals surface area contributed by atoms with Gasteiger partial charge in [-0.1, -0.05) is 66.9 Å². The summed E-state index contributed by atoms with van der Waals surface area (Å²) in [5, 5.41) is 3.34. The fourth-order valence-electron chi connectivity index (χ4n) is 4.35. The average molecular weight is 651 g/mol. The molecule has 256 valence electrons. The van der Waals surface area contributed by atoms with E-state index in [-0.39, 0.29) is 6.61 Å². The number of unbranched alkanes of at least 4 members (excludes halogenated alkanes) is 1. The van der Waals surface area contributed by atoms with Gasteiger partial charge >= 0.3 is 6.61 Å². The van der Waals surface area contributed by atoms with Gasteiger partial charge in [-0.15, -0.1) is 0 Å². The van der Waals surface area contributed by atoms with Crippen LogP contribution in [0.15, 0.2) is 53.9 Å². The Labute approximate surface area is 279 Å². The van der Waals surface area contributed by atoms with E-state index in [1.165, 1.54) is 6.33 Å². The molecule has 2 heterocycles. The van der Waals surface area contributed by atoms with Crippen molar-refractivity contribution in [2.24, 2.45) is 16.8 Å². The second-order valence-corrected chi connectivity index (χ2v) is 11.2. The van der Waals surface area contributed by atoms with E-state index < -0.39 is 6.61 Å². The number of hydrogen-bond donors (Lipinski definition) is 1. The Balaban J connectivity index is 0.000000465. The summed E-state index contributed by atoms with van der Waals surface area (Å²) in [7, 11) is 0. The van der Waals surface area contributed by atoms with Crippen molar-refractivity contribution in [3.8, 4) is 11.5 Å². The Kier molecular flexibility index (Phi) is 17.4. The summed E-state index contributed by atoms with van der Waals surface area (Å²) in [6, 6.07) is 11.9. The van der Waals surface area contributed by atoms with Crippen LogP contribution in [0.2, 0.25) is 0 Å². The highest BCUT2D eigenvalue weighted by Gasteiger charge is 2.11. The zero-order chi connectivity index (χ0) is 34.8. The number of anilines is 2. The number of halogens is 2. The van der Waals surface area contributed by atoms with Crippen LogP contribution in [-0.4, -0.2) is 39.4 Å². The number of aromatic nitrogens is 4. The molecule has 0 spiro atoms. The molecule has 2 aromatic carbocycles. The highest BCUT2D eigenvalue weighted by molar-refractivity contribution is 5.86. The molecule has 0 fully saturated rings. The molecule has 0 aliphatic carbocycles. The zero-order valence-corrected chi connectivity index (χ0v) is 29.5. The van der Waals surface area contributed by atoms with Gasteiger partial charge in [-0.05, 0) is 80.8 Å². The first kappa shape index (κ1) is 39.1. The van der Waals surface area contributed by atoms with Gasteiger partial charge in [0, 0.05) is 18.0 Å². The predicted octanol–water partition coefficient (Wildman–Crippen LogP) is 11.1. The summed E-state index contributed by atoms with van der Waals surface area (Å²) in [4.78, 5) is 21.9. The molecule has 0 radical (unpaired) electrons. The van der Waals surface area contributed by atoms with Gasteiger partial charge in [-0.2, -0.15) is 8.78 Å². The minimum atomic E-state index is -2.61. The summed E-state index contributed by atoms with van der Waals surface area (Å²) in [6.07, 6.45) is 10.4. The topological polar surface area (TPSA) is 94.4 Å². The fraction of sp³-hybridized carbons (Fsp3) is 0.486. The molecule has 0 bridgehead atoms. The van der Waals surface area contributed by atoms with Crippen LogP contribution in [0.25, 0.3) is 11.0 Å². The molecule has 0 aliphatic rings. The van der Waals surface area contributed by atoms with Gasteiger partial charge in [0.2, 0.25) is 0 Å². The van der Waals surface area contributed by atoms with Crippen LogP contribution >= 0.6 is 0 Å². The molecule has 0 saturated carbocycles. The van der Waals surface area contributed by atoms with E-state index in [1.807, 2.05) is 77.2 Å². The summed E-state index contributed by atoms with van der Waals surface area (Å²) in [5.41, 5.74) is 5.31. The van der Waals surface area contributed by atoms with E-state index in [0.717, 1.165) is 66.1 Å². The Morgan fingerprint density at radius 2 is 1.70 bits per heavy atom. The van der Waals surface area contributed by atoms with E-state index >= 15 is 0 Å². The van der Waals surface area contributed by atoms with Crippen LogP contribution < -0.4 is 10.1 Å². The second-order valence-electron chi connectivity index (χ2n) is 11.2. The van der Waals surface area contributed by atoms with Crippen LogP contribution in [0.3, 0.4) is 0 Å². The Bertz CT molecular complexity index is 1530. The number of rotatable bonds is 14. The number of benzene rings is 2. The maximum atomic E-state index is 11.6. The SMILES string of the molecule is CC.CCC(C)C=Nc1cc(Oc2ccc(Nc3ncnc4cnc(C)nc34)cc2C)ccc1C.CCCCC(CC)COC(F)F. The molecule has 4 rings (SSSR count). The molecular weight excluding hydrogens is 598 g/mol. The van der Waals surface area contributed by atoms with Gasteiger partial charge in [0.1, 0.15) is 34.7 Å². The first-order valence-electron chi connectivity index (χ1n) is 16.7. The van der Waals surface area contributed by atoms with Crippen molar-refractivity contribution in [3.05, 3.63) is 65.9 Å². The molecule has 0 saturated heterocycles. The normalized spacial score (nSPS) is 12.3. The van der Waals surface area contributed by atoms with Gasteiger partial charge in [-0.25, -0.2) is 19.9 Å². The highest BCUT2D eigenvalue weighted by Crippen LogP contribution is 2.32. The molecule has 2 atom stereocenters. The Morgan fingerprint density at radius 1 is 0.936 bits per heavy atom. The van der Waals surface area contributed by atoms with Crippen molar-refractivity contribution < 1.29 is 18.3 Å². The number of aliphatic imine (C=N–C) groups is 1. The lowest BCUT2D eigenvalue weighted by Gasteiger charge is -2.13. The molecule has 0 amide bonds. The quantitative estimate of drug-likeness (QED) is 0.136. The minimum Gasteiger partial charge on any atom is -0.457 e. The third-order valence-electron chi connectivity index (χ3n) is 7.46. The summed E-state index contributed by atoms with van der Waals surface area (Å²) >= 11 is 0. The molecule has 8 nitrogen and oxygen atoms in total. The lowest BCUT2D eigenvalue weighted by molar-refractivity contribution is -0.138. The molecule has 1 N–H and O–H groups in total.